The number of ether oxygens (including phenoxy) is 2. The van der Waals surface area contributed by atoms with Gasteiger partial charge in [-0.3, -0.25) is 0 Å². The van der Waals surface area contributed by atoms with Crippen molar-refractivity contribution in [1.82, 2.24) is 15.0 Å². The largest absolute Gasteiger partial charge is 0.493 e. The Balaban J connectivity index is 2.90. The molecule has 1 heterocycles. The maximum Gasteiger partial charge on any atom is 0.250 e. The summed E-state index contributed by atoms with van der Waals surface area (Å²) < 4.78 is 6.81. The van der Waals surface area contributed by atoms with Crippen LogP contribution in [0.2, 0.25) is 0 Å². The third-order valence-corrected chi connectivity index (χ3v) is 4.18. The number of halogens is 6. The standard InChI is InChI=1S/C15H11Cl6N3O2/c1-4-7-5-6-8(25-2)10(26-3)9(7)11-22-12(14(16,17)18)24-13(23-11)15(19,20)21/h4-6H,1H2,2-3H3. The lowest BCUT2D eigenvalue weighted by atomic mass is 10.0. The van der Waals surface area contributed by atoms with Gasteiger partial charge in [0, 0.05) is 0 Å². The number of methoxy groups -OCH3 is 2. The molecule has 0 saturated heterocycles. The highest BCUT2D eigenvalue weighted by Gasteiger charge is 2.35. The van der Waals surface area contributed by atoms with Gasteiger partial charge >= 0.3 is 0 Å². The summed E-state index contributed by atoms with van der Waals surface area (Å²) >= 11 is 35.5. The first-order chi connectivity index (χ1) is 12.0. The lowest BCUT2D eigenvalue weighted by molar-refractivity contribution is 0.356. The molecule has 0 radical (unpaired) electrons. The molecule has 140 valence electrons. The van der Waals surface area contributed by atoms with Gasteiger partial charge in [-0.2, -0.15) is 0 Å². The first-order valence-corrected chi connectivity index (χ1v) is 9.08. The summed E-state index contributed by atoms with van der Waals surface area (Å²) in [6.07, 6.45) is 1.57. The number of aromatic nitrogens is 3. The van der Waals surface area contributed by atoms with Crippen LogP contribution in [0, 0.1) is 0 Å². The van der Waals surface area contributed by atoms with Crippen LogP contribution in [0.1, 0.15) is 17.2 Å². The summed E-state index contributed by atoms with van der Waals surface area (Å²) in [6.45, 7) is 3.77. The number of alkyl halides is 6. The number of hydrogen-bond donors (Lipinski definition) is 0. The van der Waals surface area contributed by atoms with Crippen LogP contribution in [0.4, 0.5) is 0 Å². The first-order valence-electron chi connectivity index (χ1n) is 6.81. The zero-order chi connectivity index (χ0) is 19.7. The molecule has 0 atom stereocenters. The van der Waals surface area contributed by atoms with Crippen molar-refractivity contribution >= 4 is 75.7 Å². The zero-order valence-corrected chi connectivity index (χ0v) is 17.9. The Morgan fingerprint density at radius 2 is 1.42 bits per heavy atom. The number of benzene rings is 1. The van der Waals surface area contributed by atoms with Crippen LogP contribution in [-0.4, -0.2) is 29.2 Å². The summed E-state index contributed by atoms with van der Waals surface area (Å²) in [7, 11) is 2.95. The molecule has 0 aliphatic heterocycles. The number of rotatable bonds is 4. The smallest absolute Gasteiger partial charge is 0.250 e. The molecular weight excluding hydrogens is 467 g/mol. The van der Waals surface area contributed by atoms with E-state index in [1.165, 1.54) is 14.2 Å². The fraction of sp³-hybridized carbons (Fsp3) is 0.267. The molecule has 1 aromatic carbocycles. The molecule has 0 saturated carbocycles. The molecule has 2 aromatic rings. The second-order valence-electron chi connectivity index (χ2n) is 4.77. The van der Waals surface area contributed by atoms with E-state index in [-0.39, 0.29) is 17.5 Å². The Bertz CT molecular complexity index is 801. The summed E-state index contributed by atoms with van der Waals surface area (Å²) in [5.41, 5.74) is 1.04. The minimum absolute atomic E-state index is 0.0632. The highest BCUT2D eigenvalue weighted by molar-refractivity contribution is 6.67. The number of nitrogens with zero attached hydrogens (tertiary/aromatic N) is 3. The van der Waals surface area contributed by atoms with Crippen molar-refractivity contribution in [1.29, 1.82) is 0 Å². The molecule has 0 amide bonds. The fourth-order valence-corrected chi connectivity index (χ4v) is 2.59. The van der Waals surface area contributed by atoms with Crippen molar-refractivity contribution < 1.29 is 9.47 Å². The van der Waals surface area contributed by atoms with Crippen LogP contribution < -0.4 is 9.47 Å². The maximum absolute atomic E-state index is 5.92. The third-order valence-electron chi connectivity index (χ3n) is 3.16. The summed E-state index contributed by atoms with van der Waals surface area (Å²) in [5, 5.41) is 0. The number of hydrogen-bond acceptors (Lipinski definition) is 5. The van der Waals surface area contributed by atoms with Gasteiger partial charge in [-0.15, -0.1) is 0 Å². The normalized spacial score (nSPS) is 12.0. The minimum atomic E-state index is -1.97. The van der Waals surface area contributed by atoms with Gasteiger partial charge in [0.25, 0.3) is 0 Å². The molecule has 5 nitrogen and oxygen atoms in total. The lowest BCUT2D eigenvalue weighted by Gasteiger charge is -2.18. The van der Waals surface area contributed by atoms with E-state index in [0.29, 0.717) is 22.6 Å². The molecule has 0 aliphatic carbocycles. The van der Waals surface area contributed by atoms with Gasteiger partial charge in [-0.25, -0.2) is 15.0 Å². The van der Waals surface area contributed by atoms with Gasteiger partial charge in [0.2, 0.25) is 7.59 Å². The van der Waals surface area contributed by atoms with Crippen LogP contribution in [0.25, 0.3) is 17.5 Å². The fourth-order valence-electron chi connectivity index (χ4n) is 2.08. The van der Waals surface area contributed by atoms with Crippen molar-refractivity contribution in [2.75, 3.05) is 14.2 Å². The van der Waals surface area contributed by atoms with Gasteiger partial charge in [-0.05, 0) is 11.6 Å². The van der Waals surface area contributed by atoms with Gasteiger partial charge in [0.1, 0.15) is 0 Å². The van der Waals surface area contributed by atoms with E-state index in [1.54, 1.807) is 18.2 Å². The van der Waals surface area contributed by atoms with E-state index in [4.69, 9.17) is 79.1 Å². The molecule has 0 aliphatic rings. The van der Waals surface area contributed by atoms with E-state index >= 15 is 0 Å². The molecule has 0 unspecified atom stereocenters. The topological polar surface area (TPSA) is 57.1 Å². The van der Waals surface area contributed by atoms with Crippen LogP contribution in [0.15, 0.2) is 18.7 Å². The van der Waals surface area contributed by atoms with Crippen molar-refractivity contribution in [2.24, 2.45) is 0 Å². The Labute approximate surface area is 180 Å². The molecule has 26 heavy (non-hydrogen) atoms. The Morgan fingerprint density at radius 3 is 1.81 bits per heavy atom. The molecule has 0 N–H and O–H groups in total. The van der Waals surface area contributed by atoms with Crippen molar-refractivity contribution in [3.63, 3.8) is 0 Å². The second kappa shape index (κ2) is 8.13. The van der Waals surface area contributed by atoms with Crippen molar-refractivity contribution in [2.45, 2.75) is 7.59 Å². The van der Waals surface area contributed by atoms with Crippen molar-refractivity contribution in [3.05, 3.63) is 35.9 Å². The van der Waals surface area contributed by atoms with Crippen LogP contribution >= 0.6 is 69.6 Å². The van der Waals surface area contributed by atoms with Gasteiger partial charge in [0.05, 0.1) is 19.8 Å². The zero-order valence-electron chi connectivity index (χ0n) is 13.4. The monoisotopic (exact) mass is 475 g/mol. The Hall–Kier alpha value is -0.690. The summed E-state index contributed by atoms with van der Waals surface area (Å²) in [6, 6.07) is 3.43. The minimum Gasteiger partial charge on any atom is -0.493 e. The lowest BCUT2D eigenvalue weighted by Crippen LogP contribution is -2.17. The van der Waals surface area contributed by atoms with E-state index in [0.717, 1.165) is 0 Å². The average molecular weight is 478 g/mol. The van der Waals surface area contributed by atoms with Gasteiger partial charge in [-0.1, -0.05) is 88.3 Å². The SMILES string of the molecule is C=Cc1ccc(OC)c(OC)c1-c1nc(C(Cl)(Cl)Cl)nc(C(Cl)(Cl)Cl)n1. The van der Waals surface area contributed by atoms with Crippen LogP contribution in [0.5, 0.6) is 11.5 Å². The van der Waals surface area contributed by atoms with Crippen molar-refractivity contribution in [3.8, 4) is 22.9 Å². The van der Waals surface area contributed by atoms with E-state index in [2.05, 4.69) is 21.5 Å². The first kappa shape index (κ1) is 21.6. The Morgan fingerprint density at radius 1 is 0.885 bits per heavy atom. The summed E-state index contributed by atoms with van der Waals surface area (Å²) in [5.74, 6) is 0.400. The molecule has 11 heteroatoms. The average Bonchev–Trinajstić information content (AvgIpc) is 2.58. The predicted molar refractivity (Wildman–Crippen MR) is 107 cm³/mol. The predicted octanol–water partition coefficient (Wildman–Crippen LogP) is 5.85. The van der Waals surface area contributed by atoms with E-state index in [9.17, 15) is 0 Å². The summed E-state index contributed by atoms with van der Waals surface area (Å²) in [4.78, 5) is 12.4. The molecule has 0 spiro atoms. The molecule has 1 aromatic heterocycles. The molecular formula is C15H11Cl6N3O2. The highest BCUT2D eigenvalue weighted by Crippen LogP contribution is 2.44. The van der Waals surface area contributed by atoms with Crippen LogP contribution in [-0.2, 0) is 7.59 Å². The van der Waals surface area contributed by atoms with Gasteiger partial charge in [0.15, 0.2) is 29.0 Å². The highest BCUT2D eigenvalue weighted by atomic mass is 35.6. The third kappa shape index (κ3) is 4.58. The van der Waals surface area contributed by atoms with Gasteiger partial charge < -0.3 is 9.47 Å². The quantitative estimate of drug-likeness (QED) is 0.517. The maximum atomic E-state index is 5.92. The molecule has 0 bridgehead atoms. The van der Waals surface area contributed by atoms with Crippen LogP contribution in [0.3, 0.4) is 0 Å². The molecule has 0 fully saturated rings. The second-order valence-corrected chi connectivity index (χ2v) is 9.33. The molecule has 2 rings (SSSR count). The van der Waals surface area contributed by atoms with E-state index < -0.39 is 7.59 Å². The van der Waals surface area contributed by atoms with E-state index in [1.807, 2.05) is 0 Å². The Kier molecular flexibility index (Phi) is 6.76.